The van der Waals surface area contributed by atoms with Gasteiger partial charge in [-0.05, 0) is 42.0 Å². The molecule has 0 bridgehead atoms. The summed E-state index contributed by atoms with van der Waals surface area (Å²) in [5, 5.41) is 11.7. The van der Waals surface area contributed by atoms with Gasteiger partial charge in [0.05, 0.1) is 0 Å². The maximum Gasteiger partial charge on any atom is 0.191 e. The van der Waals surface area contributed by atoms with Crippen LogP contribution in [0.2, 0.25) is 0 Å². The molecule has 2 heterocycles. The molecule has 0 spiro atoms. The fourth-order valence-electron chi connectivity index (χ4n) is 1.63. The normalized spacial score (nSPS) is 10.5. The van der Waals surface area contributed by atoms with Gasteiger partial charge in [0.2, 0.25) is 0 Å². The van der Waals surface area contributed by atoms with Crippen molar-refractivity contribution >= 4 is 34.7 Å². The summed E-state index contributed by atoms with van der Waals surface area (Å²) in [6, 6.07) is 1.95. The van der Waals surface area contributed by atoms with Crippen molar-refractivity contribution in [2.75, 3.05) is 23.4 Å². The standard InChI is InChI=1S/C13H18N4S2/c1-4-14-11-5-12(17-13(16-11)18-3)15-6-10-8-19-7-9(10)2/h5,7-8H,4,6H2,1-3H3,(H2,14,15,16,17). The van der Waals surface area contributed by atoms with E-state index in [1.807, 2.05) is 12.3 Å². The molecule has 102 valence electrons. The Bertz CT molecular complexity index is 539. The first-order valence-corrected chi connectivity index (χ1v) is 8.32. The summed E-state index contributed by atoms with van der Waals surface area (Å²) >= 11 is 3.28. The van der Waals surface area contributed by atoms with Crippen LogP contribution in [0.15, 0.2) is 22.0 Å². The van der Waals surface area contributed by atoms with Gasteiger partial charge in [-0.25, -0.2) is 9.97 Å². The minimum Gasteiger partial charge on any atom is -0.370 e. The molecule has 0 aliphatic carbocycles. The van der Waals surface area contributed by atoms with Crippen LogP contribution in [0.4, 0.5) is 11.6 Å². The number of thioether (sulfide) groups is 1. The molecule has 2 aromatic rings. The maximum absolute atomic E-state index is 4.47. The van der Waals surface area contributed by atoms with Gasteiger partial charge in [0.25, 0.3) is 0 Å². The van der Waals surface area contributed by atoms with Gasteiger partial charge in [0.1, 0.15) is 11.6 Å². The molecule has 2 aromatic heterocycles. The molecule has 4 nitrogen and oxygen atoms in total. The first-order valence-electron chi connectivity index (χ1n) is 6.15. The summed E-state index contributed by atoms with van der Waals surface area (Å²) in [7, 11) is 0. The highest BCUT2D eigenvalue weighted by molar-refractivity contribution is 7.98. The fourth-order valence-corrected chi connectivity index (χ4v) is 2.87. The Morgan fingerprint density at radius 2 is 1.95 bits per heavy atom. The van der Waals surface area contributed by atoms with Crippen LogP contribution in [0.1, 0.15) is 18.1 Å². The number of aromatic nitrogens is 2. The summed E-state index contributed by atoms with van der Waals surface area (Å²) in [6.07, 6.45) is 1.98. The van der Waals surface area contributed by atoms with E-state index in [2.05, 4.69) is 45.2 Å². The Morgan fingerprint density at radius 3 is 2.53 bits per heavy atom. The van der Waals surface area contributed by atoms with Crippen molar-refractivity contribution in [1.29, 1.82) is 0 Å². The van der Waals surface area contributed by atoms with E-state index in [1.165, 1.54) is 11.1 Å². The van der Waals surface area contributed by atoms with Crippen molar-refractivity contribution in [3.05, 3.63) is 28.0 Å². The van der Waals surface area contributed by atoms with E-state index in [4.69, 9.17) is 0 Å². The first-order chi connectivity index (χ1) is 9.22. The molecule has 0 unspecified atom stereocenters. The van der Waals surface area contributed by atoms with Gasteiger partial charge in [-0.2, -0.15) is 11.3 Å². The van der Waals surface area contributed by atoms with E-state index >= 15 is 0 Å². The lowest BCUT2D eigenvalue weighted by atomic mass is 10.2. The van der Waals surface area contributed by atoms with Gasteiger partial charge in [0.15, 0.2) is 5.16 Å². The number of anilines is 2. The van der Waals surface area contributed by atoms with E-state index in [0.29, 0.717) is 0 Å². The molecule has 0 radical (unpaired) electrons. The number of aryl methyl sites for hydroxylation is 1. The molecule has 6 heteroatoms. The highest BCUT2D eigenvalue weighted by atomic mass is 32.2. The van der Waals surface area contributed by atoms with E-state index < -0.39 is 0 Å². The lowest BCUT2D eigenvalue weighted by Crippen LogP contribution is -2.06. The average molecular weight is 294 g/mol. The van der Waals surface area contributed by atoms with Crippen molar-refractivity contribution in [3.63, 3.8) is 0 Å². The minimum absolute atomic E-state index is 0.781. The molecular formula is C13H18N4S2. The van der Waals surface area contributed by atoms with Gasteiger partial charge in [-0.15, -0.1) is 0 Å². The molecule has 0 aromatic carbocycles. The van der Waals surface area contributed by atoms with Crippen LogP contribution in [0, 0.1) is 6.92 Å². The monoisotopic (exact) mass is 294 g/mol. The van der Waals surface area contributed by atoms with E-state index in [1.54, 1.807) is 23.1 Å². The number of hydrogen-bond donors (Lipinski definition) is 2. The average Bonchev–Trinajstić information content (AvgIpc) is 2.82. The third-order valence-electron chi connectivity index (χ3n) is 2.67. The third-order valence-corrected chi connectivity index (χ3v) is 4.13. The molecule has 0 amide bonds. The summed E-state index contributed by atoms with van der Waals surface area (Å²) in [5.74, 6) is 1.73. The lowest BCUT2D eigenvalue weighted by molar-refractivity contribution is 0.949. The molecule has 19 heavy (non-hydrogen) atoms. The van der Waals surface area contributed by atoms with E-state index in [-0.39, 0.29) is 0 Å². The van der Waals surface area contributed by atoms with Crippen molar-refractivity contribution in [2.45, 2.75) is 25.5 Å². The highest BCUT2D eigenvalue weighted by Gasteiger charge is 2.04. The Labute approximate surface area is 122 Å². The predicted molar refractivity (Wildman–Crippen MR) is 84.4 cm³/mol. The summed E-state index contributed by atoms with van der Waals surface area (Å²) in [4.78, 5) is 8.87. The molecule has 2 N–H and O–H groups in total. The Hall–Kier alpha value is -1.27. The Morgan fingerprint density at radius 1 is 1.21 bits per heavy atom. The minimum atomic E-state index is 0.781. The summed E-state index contributed by atoms with van der Waals surface area (Å²) < 4.78 is 0. The van der Waals surface area contributed by atoms with Crippen molar-refractivity contribution < 1.29 is 0 Å². The molecule has 0 fully saturated rings. The molecule has 0 saturated carbocycles. The zero-order valence-electron chi connectivity index (χ0n) is 11.4. The van der Waals surface area contributed by atoms with Crippen LogP contribution in [0.3, 0.4) is 0 Å². The molecule has 0 saturated heterocycles. The number of rotatable bonds is 6. The molecular weight excluding hydrogens is 276 g/mol. The second-order valence-corrected chi connectivity index (χ2v) is 5.61. The van der Waals surface area contributed by atoms with Gasteiger partial charge in [0, 0.05) is 19.2 Å². The second-order valence-electron chi connectivity index (χ2n) is 4.09. The van der Waals surface area contributed by atoms with Crippen molar-refractivity contribution in [1.82, 2.24) is 9.97 Å². The summed E-state index contributed by atoms with van der Waals surface area (Å²) in [6.45, 7) is 5.84. The zero-order chi connectivity index (χ0) is 13.7. The van der Waals surface area contributed by atoms with Crippen LogP contribution >= 0.6 is 23.1 Å². The van der Waals surface area contributed by atoms with Crippen molar-refractivity contribution in [2.24, 2.45) is 0 Å². The topological polar surface area (TPSA) is 49.8 Å². The quantitative estimate of drug-likeness (QED) is 0.629. The molecule has 0 atom stereocenters. The second kappa shape index (κ2) is 6.77. The number of nitrogens with zero attached hydrogens (tertiary/aromatic N) is 2. The molecule has 2 rings (SSSR count). The number of nitrogens with one attached hydrogen (secondary N) is 2. The molecule has 0 aliphatic rings. The lowest BCUT2D eigenvalue weighted by Gasteiger charge is -2.09. The van der Waals surface area contributed by atoms with Gasteiger partial charge in [-0.3, -0.25) is 0 Å². The fraction of sp³-hybridized carbons (Fsp3) is 0.385. The van der Waals surface area contributed by atoms with Crippen molar-refractivity contribution in [3.8, 4) is 0 Å². The zero-order valence-corrected chi connectivity index (χ0v) is 13.0. The maximum atomic E-state index is 4.47. The SMILES string of the molecule is CCNc1cc(NCc2cscc2C)nc(SC)n1. The Balaban J connectivity index is 2.10. The first kappa shape index (κ1) is 14.1. The predicted octanol–water partition coefficient (Wildman–Crippen LogP) is 3.61. The number of thiophene rings is 1. The Kier molecular flexibility index (Phi) is 5.04. The largest absolute Gasteiger partial charge is 0.370 e. The summed E-state index contributed by atoms with van der Waals surface area (Å²) in [5.41, 5.74) is 2.64. The molecule has 0 aliphatic heterocycles. The third kappa shape index (κ3) is 3.84. The van der Waals surface area contributed by atoms with Crippen LogP contribution in [-0.2, 0) is 6.54 Å². The van der Waals surface area contributed by atoms with Crippen LogP contribution < -0.4 is 10.6 Å². The smallest absolute Gasteiger partial charge is 0.191 e. The highest BCUT2D eigenvalue weighted by Crippen LogP contribution is 2.19. The number of hydrogen-bond acceptors (Lipinski definition) is 6. The van der Waals surface area contributed by atoms with Gasteiger partial charge < -0.3 is 10.6 Å². The van der Waals surface area contributed by atoms with Gasteiger partial charge in [-0.1, -0.05) is 11.8 Å². The van der Waals surface area contributed by atoms with Crippen LogP contribution in [-0.4, -0.2) is 22.8 Å². The van der Waals surface area contributed by atoms with Crippen LogP contribution in [0.25, 0.3) is 0 Å². The van der Waals surface area contributed by atoms with E-state index in [0.717, 1.165) is 29.9 Å². The van der Waals surface area contributed by atoms with Gasteiger partial charge >= 0.3 is 0 Å². The van der Waals surface area contributed by atoms with E-state index in [9.17, 15) is 0 Å². The van der Waals surface area contributed by atoms with Crippen LogP contribution in [0.5, 0.6) is 0 Å².